The average molecular weight is 358 g/mol. The van der Waals surface area contributed by atoms with E-state index in [2.05, 4.69) is 38.8 Å². The molecule has 1 fully saturated rings. The second kappa shape index (κ2) is 8.07. The molecule has 1 aliphatic heterocycles. The third kappa shape index (κ3) is 3.74. The Labute approximate surface area is 152 Å². The van der Waals surface area contributed by atoms with Crippen molar-refractivity contribution in [3.05, 3.63) is 42.0 Å². The Morgan fingerprint density at radius 3 is 2.42 bits per heavy atom. The van der Waals surface area contributed by atoms with Crippen molar-refractivity contribution in [3.63, 3.8) is 0 Å². The van der Waals surface area contributed by atoms with E-state index < -0.39 is 5.82 Å². The first kappa shape index (κ1) is 18.0. The van der Waals surface area contributed by atoms with Crippen LogP contribution >= 0.6 is 0 Å². The lowest BCUT2D eigenvalue weighted by atomic mass is 10.2. The van der Waals surface area contributed by atoms with Gasteiger partial charge < -0.3 is 14.7 Å². The second-order valence-electron chi connectivity index (χ2n) is 6.06. The summed E-state index contributed by atoms with van der Waals surface area (Å²) in [5.74, 6) is 0.772. The van der Waals surface area contributed by atoms with E-state index in [4.69, 9.17) is 0 Å². The van der Waals surface area contributed by atoms with Gasteiger partial charge in [0, 0.05) is 45.5 Å². The molecule has 3 rings (SSSR count). The Morgan fingerprint density at radius 1 is 1.12 bits per heavy atom. The highest BCUT2D eigenvalue weighted by Gasteiger charge is 2.24. The minimum absolute atomic E-state index is 0.0665. The van der Waals surface area contributed by atoms with Crippen LogP contribution in [0.1, 0.15) is 24.2 Å². The van der Waals surface area contributed by atoms with Gasteiger partial charge in [0.2, 0.25) is 0 Å². The summed E-state index contributed by atoms with van der Waals surface area (Å²) >= 11 is 0. The fourth-order valence-corrected chi connectivity index (χ4v) is 3.06. The van der Waals surface area contributed by atoms with Gasteiger partial charge >= 0.3 is 0 Å². The average Bonchev–Trinajstić information content (AvgIpc) is 2.69. The van der Waals surface area contributed by atoms with Crippen molar-refractivity contribution < 1.29 is 9.18 Å². The normalized spacial score (nSPS) is 14.4. The van der Waals surface area contributed by atoms with Crippen molar-refractivity contribution in [2.45, 2.75) is 13.8 Å². The number of anilines is 2. The first-order valence-electron chi connectivity index (χ1n) is 8.86. The first-order chi connectivity index (χ1) is 12.6. The van der Waals surface area contributed by atoms with Gasteiger partial charge in [-0.1, -0.05) is 0 Å². The molecule has 0 atom stereocenters. The Balaban J connectivity index is 1.62. The molecule has 1 saturated heterocycles. The standard InChI is InChI=1S/C18H23FN6O/c1-3-23(4-2)16-5-6-17(22-21-16)24-9-11-25(12-10-24)18(26)14-7-8-20-13-15(14)19/h5-8,13H,3-4,9-12H2,1-2H3. The number of carbonyl (C=O) groups is 1. The summed E-state index contributed by atoms with van der Waals surface area (Å²) in [5, 5.41) is 8.63. The molecule has 138 valence electrons. The molecule has 2 aromatic heterocycles. The topological polar surface area (TPSA) is 65.5 Å². The molecular formula is C18H23FN6O. The summed E-state index contributed by atoms with van der Waals surface area (Å²) in [4.78, 5) is 22.0. The molecule has 0 N–H and O–H groups in total. The number of halogens is 1. The van der Waals surface area contributed by atoms with E-state index in [0.717, 1.165) is 30.9 Å². The number of hydrogen-bond donors (Lipinski definition) is 0. The molecule has 0 spiro atoms. The van der Waals surface area contributed by atoms with Crippen LogP contribution in [0.4, 0.5) is 16.0 Å². The van der Waals surface area contributed by atoms with Gasteiger partial charge in [-0.15, -0.1) is 10.2 Å². The number of amides is 1. The number of aromatic nitrogens is 3. The third-order valence-electron chi connectivity index (χ3n) is 4.62. The van der Waals surface area contributed by atoms with Crippen LogP contribution in [0.2, 0.25) is 0 Å². The van der Waals surface area contributed by atoms with Crippen molar-refractivity contribution in [2.24, 2.45) is 0 Å². The minimum Gasteiger partial charge on any atom is -0.356 e. The largest absolute Gasteiger partial charge is 0.356 e. The molecule has 0 unspecified atom stereocenters. The first-order valence-corrected chi connectivity index (χ1v) is 8.86. The van der Waals surface area contributed by atoms with Gasteiger partial charge in [0.15, 0.2) is 17.5 Å². The SMILES string of the molecule is CCN(CC)c1ccc(N2CCN(C(=O)c3ccncc3F)CC2)nn1. The Kier molecular flexibility index (Phi) is 5.60. The number of hydrogen-bond acceptors (Lipinski definition) is 6. The maximum Gasteiger partial charge on any atom is 0.257 e. The maximum atomic E-state index is 13.8. The molecule has 7 nitrogen and oxygen atoms in total. The fraction of sp³-hybridized carbons (Fsp3) is 0.444. The second-order valence-corrected chi connectivity index (χ2v) is 6.06. The maximum absolute atomic E-state index is 13.8. The number of rotatable bonds is 5. The fourth-order valence-electron chi connectivity index (χ4n) is 3.06. The number of nitrogens with zero attached hydrogens (tertiary/aromatic N) is 6. The third-order valence-corrected chi connectivity index (χ3v) is 4.62. The zero-order valence-corrected chi connectivity index (χ0v) is 15.1. The van der Waals surface area contributed by atoms with Crippen molar-refractivity contribution >= 4 is 17.5 Å². The molecule has 0 saturated carbocycles. The number of carbonyl (C=O) groups excluding carboxylic acids is 1. The molecule has 26 heavy (non-hydrogen) atoms. The predicted molar refractivity (Wildman–Crippen MR) is 97.9 cm³/mol. The van der Waals surface area contributed by atoms with E-state index in [1.807, 2.05) is 12.1 Å². The summed E-state index contributed by atoms with van der Waals surface area (Å²) < 4.78 is 13.8. The van der Waals surface area contributed by atoms with Gasteiger partial charge in [0.05, 0.1) is 11.8 Å². The van der Waals surface area contributed by atoms with Gasteiger partial charge in [0.1, 0.15) is 0 Å². The summed E-state index contributed by atoms with van der Waals surface area (Å²) in [6, 6.07) is 5.35. The zero-order valence-electron chi connectivity index (χ0n) is 15.1. The molecule has 0 bridgehead atoms. The van der Waals surface area contributed by atoms with Crippen LogP contribution in [-0.4, -0.2) is 65.3 Å². The molecule has 0 aliphatic carbocycles. The van der Waals surface area contributed by atoms with Crippen molar-refractivity contribution in [3.8, 4) is 0 Å². The van der Waals surface area contributed by atoms with Gasteiger partial charge in [-0.05, 0) is 32.0 Å². The summed E-state index contributed by atoms with van der Waals surface area (Å²) in [6.45, 7) is 8.24. The molecule has 0 radical (unpaired) electrons. The van der Waals surface area contributed by atoms with Gasteiger partial charge in [-0.2, -0.15) is 0 Å². The highest BCUT2D eigenvalue weighted by molar-refractivity contribution is 5.94. The predicted octanol–water partition coefficient (Wildman–Crippen LogP) is 1.82. The molecule has 1 amide bonds. The van der Waals surface area contributed by atoms with E-state index >= 15 is 0 Å². The van der Waals surface area contributed by atoms with Gasteiger partial charge in [-0.25, -0.2) is 4.39 Å². The number of piperazine rings is 1. The monoisotopic (exact) mass is 358 g/mol. The van der Waals surface area contributed by atoms with E-state index in [1.165, 1.54) is 12.3 Å². The van der Waals surface area contributed by atoms with Crippen LogP contribution in [0, 0.1) is 5.82 Å². The Morgan fingerprint density at radius 2 is 1.85 bits per heavy atom. The minimum atomic E-state index is -0.585. The van der Waals surface area contributed by atoms with E-state index in [0.29, 0.717) is 26.2 Å². The van der Waals surface area contributed by atoms with Crippen LogP contribution in [-0.2, 0) is 0 Å². The van der Waals surface area contributed by atoms with Crippen LogP contribution in [0.3, 0.4) is 0 Å². The lowest BCUT2D eigenvalue weighted by molar-refractivity contribution is 0.0741. The lowest BCUT2D eigenvalue weighted by Crippen LogP contribution is -2.49. The summed E-state index contributed by atoms with van der Waals surface area (Å²) in [7, 11) is 0. The highest BCUT2D eigenvalue weighted by Crippen LogP contribution is 2.18. The smallest absolute Gasteiger partial charge is 0.257 e. The molecule has 0 aromatic carbocycles. The molecule has 1 aliphatic rings. The van der Waals surface area contributed by atoms with Crippen molar-refractivity contribution in [2.75, 3.05) is 49.1 Å². The summed E-state index contributed by atoms with van der Waals surface area (Å²) in [5.41, 5.74) is 0.0665. The van der Waals surface area contributed by atoms with E-state index in [9.17, 15) is 9.18 Å². The number of pyridine rings is 1. The van der Waals surface area contributed by atoms with Crippen molar-refractivity contribution in [1.82, 2.24) is 20.1 Å². The molecule has 2 aromatic rings. The van der Waals surface area contributed by atoms with Gasteiger partial charge in [-0.3, -0.25) is 9.78 Å². The van der Waals surface area contributed by atoms with Crippen LogP contribution < -0.4 is 9.80 Å². The van der Waals surface area contributed by atoms with E-state index in [-0.39, 0.29) is 11.5 Å². The molecule has 8 heteroatoms. The van der Waals surface area contributed by atoms with Crippen molar-refractivity contribution in [1.29, 1.82) is 0 Å². The molecular weight excluding hydrogens is 335 g/mol. The lowest BCUT2D eigenvalue weighted by Gasteiger charge is -2.35. The zero-order chi connectivity index (χ0) is 18.5. The summed E-state index contributed by atoms with van der Waals surface area (Å²) in [6.07, 6.45) is 2.50. The van der Waals surface area contributed by atoms with Crippen LogP contribution in [0.5, 0.6) is 0 Å². The van der Waals surface area contributed by atoms with E-state index in [1.54, 1.807) is 4.90 Å². The van der Waals surface area contributed by atoms with Crippen LogP contribution in [0.15, 0.2) is 30.6 Å². The van der Waals surface area contributed by atoms with Gasteiger partial charge in [0.25, 0.3) is 5.91 Å². The Hall–Kier alpha value is -2.77. The van der Waals surface area contributed by atoms with Crippen LogP contribution in [0.25, 0.3) is 0 Å². The highest BCUT2D eigenvalue weighted by atomic mass is 19.1. The Bertz CT molecular complexity index is 742. The molecule has 3 heterocycles. The quantitative estimate of drug-likeness (QED) is 0.812.